The number of halogens is 5. The van der Waals surface area contributed by atoms with Crippen molar-refractivity contribution in [3.05, 3.63) is 29.8 Å². The topological polar surface area (TPSA) is 52.6 Å². The molecule has 0 bridgehead atoms. The standard InChI is InChI=1S/C13H13F5N2O2/c14-9-2-1-8(7-10(9)15)19-11(21)20-5-3-12(22,4-6-20)13(16,17)18/h1-2,7,22H,3-6H2,(H,19,21). The molecule has 1 fully saturated rings. The highest BCUT2D eigenvalue weighted by Crippen LogP contribution is 2.38. The predicted octanol–water partition coefficient (Wildman–Crippen LogP) is 2.89. The van der Waals surface area contributed by atoms with Crippen molar-refractivity contribution in [2.75, 3.05) is 18.4 Å². The lowest BCUT2D eigenvalue weighted by Gasteiger charge is -2.38. The van der Waals surface area contributed by atoms with E-state index in [4.69, 9.17) is 0 Å². The maximum absolute atomic E-state index is 13.0. The Labute approximate surface area is 122 Å². The number of nitrogens with one attached hydrogen (secondary N) is 1. The lowest BCUT2D eigenvalue weighted by atomic mass is 9.91. The molecule has 4 nitrogen and oxygen atoms in total. The van der Waals surface area contributed by atoms with E-state index >= 15 is 0 Å². The average molecular weight is 324 g/mol. The fourth-order valence-corrected chi connectivity index (χ4v) is 2.14. The number of benzene rings is 1. The summed E-state index contributed by atoms with van der Waals surface area (Å²) in [7, 11) is 0. The molecule has 0 spiro atoms. The van der Waals surface area contributed by atoms with Gasteiger partial charge in [-0.05, 0) is 12.1 Å². The van der Waals surface area contributed by atoms with Crippen LogP contribution < -0.4 is 5.32 Å². The molecule has 1 heterocycles. The van der Waals surface area contributed by atoms with Gasteiger partial charge in [0.05, 0.1) is 0 Å². The summed E-state index contributed by atoms with van der Waals surface area (Å²) >= 11 is 0. The zero-order valence-corrected chi connectivity index (χ0v) is 11.3. The molecule has 122 valence electrons. The van der Waals surface area contributed by atoms with E-state index in [2.05, 4.69) is 5.32 Å². The van der Waals surface area contributed by atoms with Gasteiger partial charge in [-0.1, -0.05) is 0 Å². The number of likely N-dealkylation sites (tertiary alicyclic amines) is 1. The third-order valence-electron chi connectivity index (χ3n) is 3.58. The quantitative estimate of drug-likeness (QED) is 0.781. The Bertz CT molecular complexity index is 568. The molecule has 0 atom stereocenters. The van der Waals surface area contributed by atoms with Crippen LogP contribution in [-0.2, 0) is 0 Å². The lowest BCUT2D eigenvalue weighted by molar-refractivity contribution is -0.271. The third kappa shape index (κ3) is 3.29. The van der Waals surface area contributed by atoms with Crippen molar-refractivity contribution in [2.45, 2.75) is 24.6 Å². The van der Waals surface area contributed by atoms with Crippen LogP contribution in [-0.4, -0.2) is 40.9 Å². The maximum atomic E-state index is 13.0. The van der Waals surface area contributed by atoms with Gasteiger partial charge in [0.2, 0.25) is 0 Å². The fraction of sp³-hybridized carbons (Fsp3) is 0.462. The summed E-state index contributed by atoms with van der Waals surface area (Å²) in [5, 5.41) is 11.8. The summed E-state index contributed by atoms with van der Waals surface area (Å²) in [6.45, 7) is -0.600. The predicted molar refractivity (Wildman–Crippen MR) is 67.2 cm³/mol. The molecular weight excluding hydrogens is 311 g/mol. The molecule has 2 N–H and O–H groups in total. The minimum Gasteiger partial charge on any atom is -0.380 e. The van der Waals surface area contributed by atoms with Crippen LogP contribution in [0.25, 0.3) is 0 Å². The number of urea groups is 1. The van der Waals surface area contributed by atoms with Crippen LogP contribution in [0.4, 0.5) is 32.4 Å². The molecule has 0 aromatic heterocycles. The highest BCUT2D eigenvalue weighted by atomic mass is 19.4. The Morgan fingerprint density at radius 2 is 1.77 bits per heavy atom. The van der Waals surface area contributed by atoms with Crippen LogP contribution >= 0.6 is 0 Å². The molecule has 0 unspecified atom stereocenters. The largest absolute Gasteiger partial charge is 0.417 e. The number of piperidine rings is 1. The molecule has 1 aromatic rings. The molecule has 1 saturated heterocycles. The first-order chi connectivity index (χ1) is 10.1. The fourth-order valence-electron chi connectivity index (χ4n) is 2.14. The van der Waals surface area contributed by atoms with Gasteiger partial charge in [0.25, 0.3) is 0 Å². The molecule has 0 aliphatic carbocycles. The summed E-state index contributed by atoms with van der Waals surface area (Å²) in [6.07, 6.45) is -6.03. The number of hydrogen-bond acceptors (Lipinski definition) is 2. The van der Waals surface area contributed by atoms with Crippen molar-refractivity contribution in [2.24, 2.45) is 0 Å². The zero-order valence-electron chi connectivity index (χ0n) is 11.3. The van der Waals surface area contributed by atoms with Crippen LogP contribution in [0, 0.1) is 11.6 Å². The van der Waals surface area contributed by atoms with Crippen LogP contribution in [0.15, 0.2) is 18.2 Å². The number of amides is 2. The second-order valence-corrected chi connectivity index (χ2v) is 5.08. The maximum Gasteiger partial charge on any atom is 0.417 e. The average Bonchev–Trinajstić information content (AvgIpc) is 2.42. The summed E-state index contributed by atoms with van der Waals surface area (Å²) in [5.74, 6) is -2.23. The van der Waals surface area contributed by atoms with E-state index in [1.807, 2.05) is 0 Å². The van der Waals surface area contributed by atoms with Crippen molar-refractivity contribution < 1.29 is 31.9 Å². The molecule has 9 heteroatoms. The van der Waals surface area contributed by atoms with Gasteiger partial charge < -0.3 is 15.3 Å². The van der Waals surface area contributed by atoms with E-state index in [1.165, 1.54) is 0 Å². The molecule has 0 saturated carbocycles. The molecule has 1 aromatic carbocycles. The monoisotopic (exact) mass is 324 g/mol. The van der Waals surface area contributed by atoms with Gasteiger partial charge in [0, 0.05) is 37.7 Å². The van der Waals surface area contributed by atoms with Crippen molar-refractivity contribution in [1.29, 1.82) is 0 Å². The Morgan fingerprint density at radius 1 is 1.18 bits per heavy atom. The van der Waals surface area contributed by atoms with Gasteiger partial charge >= 0.3 is 12.2 Å². The second-order valence-electron chi connectivity index (χ2n) is 5.08. The number of hydrogen-bond donors (Lipinski definition) is 2. The number of anilines is 1. The van der Waals surface area contributed by atoms with E-state index in [0.29, 0.717) is 0 Å². The van der Waals surface area contributed by atoms with Crippen molar-refractivity contribution >= 4 is 11.7 Å². The Balaban J connectivity index is 1.97. The van der Waals surface area contributed by atoms with Crippen LogP contribution in [0.1, 0.15) is 12.8 Å². The Kier molecular flexibility index (Phi) is 4.28. The number of rotatable bonds is 1. The second kappa shape index (κ2) is 5.71. The minimum atomic E-state index is -4.75. The van der Waals surface area contributed by atoms with Gasteiger partial charge in [0.15, 0.2) is 17.2 Å². The number of nitrogens with zero attached hydrogens (tertiary/aromatic N) is 1. The number of carbonyl (C=O) groups excluding carboxylic acids is 1. The molecule has 2 amide bonds. The van der Waals surface area contributed by atoms with Crippen LogP contribution in [0.3, 0.4) is 0 Å². The number of carbonyl (C=O) groups is 1. The Hall–Kier alpha value is -1.90. The summed E-state index contributed by atoms with van der Waals surface area (Å²) in [5.41, 5.74) is -2.81. The number of alkyl halides is 3. The summed E-state index contributed by atoms with van der Waals surface area (Å²) in [6, 6.07) is 1.98. The highest BCUT2D eigenvalue weighted by molar-refractivity contribution is 5.89. The zero-order chi connectivity index (χ0) is 16.5. The van der Waals surface area contributed by atoms with E-state index in [9.17, 15) is 31.9 Å². The molecule has 1 aliphatic heterocycles. The molecule has 22 heavy (non-hydrogen) atoms. The van der Waals surface area contributed by atoms with Crippen molar-refractivity contribution in [3.8, 4) is 0 Å². The first-order valence-corrected chi connectivity index (χ1v) is 6.42. The van der Waals surface area contributed by atoms with E-state index in [0.717, 1.165) is 23.1 Å². The molecule has 2 rings (SSSR count). The minimum absolute atomic E-state index is 0.0134. The van der Waals surface area contributed by atoms with E-state index in [1.54, 1.807) is 0 Å². The van der Waals surface area contributed by atoms with Crippen LogP contribution in [0.5, 0.6) is 0 Å². The summed E-state index contributed by atoms with van der Waals surface area (Å²) in [4.78, 5) is 12.9. The smallest absolute Gasteiger partial charge is 0.380 e. The number of aliphatic hydroxyl groups is 1. The van der Waals surface area contributed by atoms with E-state index < -0.39 is 42.3 Å². The van der Waals surface area contributed by atoms with Crippen molar-refractivity contribution in [3.63, 3.8) is 0 Å². The molecular formula is C13H13F5N2O2. The summed E-state index contributed by atoms with van der Waals surface area (Å²) < 4.78 is 63.7. The van der Waals surface area contributed by atoms with Gasteiger partial charge in [-0.3, -0.25) is 0 Å². The van der Waals surface area contributed by atoms with Crippen LogP contribution in [0.2, 0.25) is 0 Å². The van der Waals surface area contributed by atoms with Gasteiger partial charge in [-0.25, -0.2) is 13.6 Å². The van der Waals surface area contributed by atoms with Gasteiger partial charge in [0.1, 0.15) is 0 Å². The van der Waals surface area contributed by atoms with Gasteiger partial charge in [-0.2, -0.15) is 13.2 Å². The normalized spacial score (nSPS) is 18.2. The first kappa shape index (κ1) is 16.5. The lowest BCUT2D eigenvalue weighted by Crippen LogP contribution is -2.55. The SMILES string of the molecule is O=C(Nc1ccc(F)c(F)c1)N1CCC(O)(C(F)(F)F)CC1. The Morgan fingerprint density at radius 3 is 2.27 bits per heavy atom. The molecule has 1 aliphatic rings. The van der Waals surface area contributed by atoms with Crippen molar-refractivity contribution in [1.82, 2.24) is 4.90 Å². The first-order valence-electron chi connectivity index (χ1n) is 6.42. The van der Waals surface area contributed by atoms with Gasteiger partial charge in [-0.15, -0.1) is 0 Å². The van der Waals surface area contributed by atoms with E-state index in [-0.39, 0.29) is 18.8 Å². The molecule has 0 radical (unpaired) electrons. The third-order valence-corrected chi connectivity index (χ3v) is 3.58. The highest BCUT2D eigenvalue weighted by Gasteiger charge is 2.54.